The Bertz CT molecular complexity index is 511. The number of nitrogens with zero attached hydrogens (tertiary/aromatic N) is 2. The summed E-state index contributed by atoms with van der Waals surface area (Å²) in [5, 5.41) is 21.5. The lowest BCUT2D eigenvalue weighted by Crippen LogP contribution is -2.14. The molecule has 0 saturated heterocycles. The summed E-state index contributed by atoms with van der Waals surface area (Å²) in [7, 11) is 0. The van der Waals surface area contributed by atoms with Crippen LogP contribution in [0, 0.1) is 20.2 Å². The summed E-state index contributed by atoms with van der Waals surface area (Å²) in [5.41, 5.74) is -2.02. The standard InChI is InChI=1S/C10H10N2O6/c1-6(2)18-10(13)7-4-3-5-8(11(14)15)9(7)12(16)17/h3-6H,1-2H3. The first-order valence-corrected chi connectivity index (χ1v) is 4.97. The van der Waals surface area contributed by atoms with Crippen molar-refractivity contribution in [1.29, 1.82) is 0 Å². The van der Waals surface area contributed by atoms with E-state index in [-0.39, 0.29) is 0 Å². The Balaban J connectivity index is 3.36. The molecule has 0 fully saturated rings. The fourth-order valence-electron chi connectivity index (χ4n) is 1.31. The van der Waals surface area contributed by atoms with E-state index in [0.29, 0.717) is 0 Å². The van der Waals surface area contributed by atoms with E-state index in [1.54, 1.807) is 13.8 Å². The zero-order chi connectivity index (χ0) is 13.9. The van der Waals surface area contributed by atoms with Gasteiger partial charge < -0.3 is 4.74 Å². The van der Waals surface area contributed by atoms with E-state index < -0.39 is 38.9 Å². The van der Waals surface area contributed by atoms with Crippen LogP contribution in [-0.2, 0) is 4.74 Å². The number of esters is 1. The number of nitro benzene ring substituents is 2. The van der Waals surface area contributed by atoms with Crippen molar-refractivity contribution in [3.63, 3.8) is 0 Å². The maximum absolute atomic E-state index is 11.6. The van der Waals surface area contributed by atoms with Crippen LogP contribution in [0.15, 0.2) is 18.2 Å². The third-order valence-corrected chi connectivity index (χ3v) is 1.96. The van der Waals surface area contributed by atoms with Gasteiger partial charge in [-0.05, 0) is 19.9 Å². The predicted octanol–water partition coefficient (Wildman–Crippen LogP) is 2.07. The molecule has 1 rings (SSSR count). The molecule has 1 aromatic rings. The average Bonchev–Trinajstić information content (AvgIpc) is 2.26. The van der Waals surface area contributed by atoms with Crippen molar-refractivity contribution >= 4 is 17.3 Å². The van der Waals surface area contributed by atoms with Crippen LogP contribution in [0.2, 0.25) is 0 Å². The van der Waals surface area contributed by atoms with Gasteiger partial charge >= 0.3 is 17.3 Å². The van der Waals surface area contributed by atoms with Crippen LogP contribution in [0.4, 0.5) is 11.4 Å². The number of para-hydroxylation sites is 1. The van der Waals surface area contributed by atoms with E-state index in [0.717, 1.165) is 12.1 Å². The Kier molecular flexibility index (Phi) is 3.93. The lowest BCUT2D eigenvalue weighted by Gasteiger charge is -2.07. The van der Waals surface area contributed by atoms with Gasteiger partial charge in [-0.1, -0.05) is 6.07 Å². The number of ether oxygens (including phenoxy) is 1. The van der Waals surface area contributed by atoms with E-state index in [4.69, 9.17) is 4.74 Å². The quantitative estimate of drug-likeness (QED) is 0.461. The molecule has 0 bridgehead atoms. The number of hydrogen-bond acceptors (Lipinski definition) is 6. The molecular formula is C10H10N2O6. The summed E-state index contributed by atoms with van der Waals surface area (Å²) in [5.74, 6) is -0.958. The highest BCUT2D eigenvalue weighted by Crippen LogP contribution is 2.30. The van der Waals surface area contributed by atoms with E-state index in [9.17, 15) is 25.0 Å². The summed E-state index contributed by atoms with van der Waals surface area (Å²) in [6.45, 7) is 3.14. The zero-order valence-electron chi connectivity index (χ0n) is 9.65. The van der Waals surface area contributed by atoms with Crippen LogP contribution in [0.5, 0.6) is 0 Å². The molecule has 0 saturated carbocycles. The first kappa shape index (κ1) is 13.6. The van der Waals surface area contributed by atoms with Gasteiger partial charge in [0.1, 0.15) is 5.56 Å². The topological polar surface area (TPSA) is 113 Å². The summed E-state index contributed by atoms with van der Waals surface area (Å²) >= 11 is 0. The summed E-state index contributed by atoms with van der Waals surface area (Å²) in [6.07, 6.45) is -0.476. The normalized spacial score (nSPS) is 10.2. The van der Waals surface area contributed by atoms with Crippen LogP contribution in [0.25, 0.3) is 0 Å². The Labute approximate surface area is 101 Å². The van der Waals surface area contributed by atoms with Gasteiger partial charge in [-0.25, -0.2) is 4.79 Å². The molecule has 0 aliphatic carbocycles. The maximum atomic E-state index is 11.6. The largest absolute Gasteiger partial charge is 0.459 e. The Hall–Kier alpha value is -2.51. The summed E-state index contributed by atoms with van der Waals surface area (Å²) < 4.78 is 4.80. The SMILES string of the molecule is CC(C)OC(=O)c1cccc([N+](=O)[O-])c1[N+](=O)[O-]. The van der Waals surface area contributed by atoms with E-state index in [1.165, 1.54) is 6.07 Å². The monoisotopic (exact) mass is 254 g/mol. The highest BCUT2D eigenvalue weighted by molar-refractivity contribution is 5.95. The maximum Gasteiger partial charge on any atom is 0.360 e. The van der Waals surface area contributed by atoms with E-state index in [2.05, 4.69) is 0 Å². The minimum atomic E-state index is -0.963. The van der Waals surface area contributed by atoms with Crippen molar-refractivity contribution in [2.45, 2.75) is 20.0 Å². The summed E-state index contributed by atoms with van der Waals surface area (Å²) in [6, 6.07) is 3.28. The fourth-order valence-corrected chi connectivity index (χ4v) is 1.31. The molecule has 96 valence electrons. The lowest BCUT2D eigenvalue weighted by molar-refractivity contribution is -0.422. The highest BCUT2D eigenvalue weighted by Gasteiger charge is 2.32. The minimum absolute atomic E-state index is 0.428. The molecule has 0 radical (unpaired) electrons. The van der Waals surface area contributed by atoms with Crippen LogP contribution in [0.3, 0.4) is 0 Å². The smallest absolute Gasteiger partial charge is 0.360 e. The molecule has 0 atom stereocenters. The van der Waals surface area contributed by atoms with Gasteiger partial charge in [0.2, 0.25) is 0 Å². The lowest BCUT2D eigenvalue weighted by atomic mass is 10.1. The van der Waals surface area contributed by atoms with E-state index >= 15 is 0 Å². The molecule has 0 amide bonds. The second kappa shape index (κ2) is 5.21. The molecule has 0 heterocycles. The third-order valence-electron chi connectivity index (χ3n) is 1.96. The molecule has 0 N–H and O–H groups in total. The number of nitro groups is 2. The van der Waals surface area contributed by atoms with Crippen molar-refractivity contribution in [2.24, 2.45) is 0 Å². The highest BCUT2D eigenvalue weighted by atomic mass is 16.6. The molecule has 0 aliphatic heterocycles. The van der Waals surface area contributed by atoms with Gasteiger partial charge in [0.05, 0.1) is 16.0 Å². The molecule has 18 heavy (non-hydrogen) atoms. The Morgan fingerprint density at radius 3 is 2.28 bits per heavy atom. The van der Waals surface area contributed by atoms with Crippen LogP contribution in [-0.4, -0.2) is 21.9 Å². The van der Waals surface area contributed by atoms with Crippen molar-refractivity contribution < 1.29 is 19.4 Å². The molecule has 1 aromatic carbocycles. The number of rotatable bonds is 4. The van der Waals surface area contributed by atoms with E-state index in [1.807, 2.05) is 0 Å². The van der Waals surface area contributed by atoms with Gasteiger partial charge in [-0.3, -0.25) is 20.2 Å². The van der Waals surface area contributed by atoms with Crippen molar-refractivity contribution in [2.75, 3.05) is 0 Å². The molecule has 8 heteroatoms. The predicted molar refractivity (Wildman–Crippen MR) is 60.3 cm³/mol. The zero-order valence-corrected chi connectivity index (χ0v) is 9.65. The average molecular weight is 254 g/mol. The molecule has 0 spiro atoms. The number of carbonyl (C=O) groups excluding carboxylic acids is 1. The third kappa shape index (κ3) is 2.78. The number of benzene rings is 1. The van der Waals surface area contributed by atoms with Crippen LogP contribution >= 0.6 is 0 Å². The Morgan fingerprint density at radius 1 is 1.22 bits per heavy atom. The van der Waals surface area contributed by atoms with Gasteiger partial charge in [-0.15, -0.1) is 0 Å². The van der Waals surface area contributed by atoms with Crippen molar-refractivity contribution in [1.82, 2.24) is 0 Å². The van der Waals surface area contributed by atoms with Gasteiger partial charge in [0.15, 0.2) is 0 Å². The molecular weight excluding hydrogens is 244 g/mol. The second-order valence-corrected chi connectivity index (χ2v) is 3.64. The van der Waals surface area contributed by atoms with Gasteiger partial charge in [0, 0.05) is 6.07 Å². The second-order valence-electron chi connectivity index (χ2n) is 3.64. The fraction of sp³-hybridized carbons (Fsp3) is 0.300. The van der Waals surface area contributed by atoms with Crippen LogP contribution < -0.4 is 0 Å². The first-order chi connectivity index (χ1) is 8.34. The minimum Gasteiger partial charge on any atom is -0.459 e. The molecule has 0 aromatic heterocycles. The number of hydrogen-bond donors (Lipinski definition) is 0. The summed E-state index contributed by atoms with van der Waals surface area (Å²) in [4.78, 5) is 31.2. The number of carbonyl (C=O) groups is 1. The first-order valence-electron chi connectivity index (χ1n) is 4.97. The van der Waals surface area contributed by atoms with Crippen molar-refractivity contribution in [3.8, 4) is 0 Å². The van der Waals surface area contributed by atoms with Gasteiger partial charge in [0.25, 0.3) is 0 Å². The molecule has 0 unspecified atom stereocenters. The molecule has 0 aliphatic rings. The van der Waals surface area contributed by atoms with Gasteiger partial charge in [-0.2, -0.15) is 0 Å². The van der Waals surface area contributed by atoms with Crippen molar-refractivity contribution in [3.05, 3.63) is 44.0 Å². The molecule has 8 nitrogen and oxygen atoms in total. The van der Waals surface area contributed by atoms with Crippen LogP contribution in [0.1, 0.15) is 24.2 Å². The Morgan fingerprint density at radius 2 is 1.83 bits per heavy atom.